The van der Waals surface area contributed by atoms with Gasteiger partial charge in [0.2, 0.25) is 0 Å². The van der Waals surface area contributed by atoms with E-state index in [2.05, 4.69) is 73.3 Å². The Hall–Kier alpha value is -3.14. The van der Waals surface area contributed by atoms with Gasteiger partial charge in [-0.25, -0.2) is 4.98 Å². The molecule has 2 atom stereocenters. The fourth-order valence-electron chi connectivity index (χ4n) is 4.60. The van der Waals surface area contributed by atoms with Crippen molar-refractivity contribution in [2.24, 2.45) is 11.8 Å². The van der Waals surface area contributed by atoms with Crippen molar-refractivity contribution in [2.45, 2.75) is 20.3 Å². The second-order valence-electron chi connectivity index (χ2n) is 8.38. The lowest BCUT2D eigenvalue weighted by Crippen LogP contribution is -2.39. The highest BCUT2D eigenvalue weighted by Crippen LogP contribution is 2.32. The lowest BCUT2D eigenvalue weighted by molar-refractivity contribution is 0.354. The molecule has 1 aliphatic rings. The number of piperidine rings is 1. The van der Waals surface area contributed by atoms with Crippen molar-refractivity contribution in [1.82, 2.24) is 14.6 Å². The molecule has 2 aromatic heterocycles. The van der Waals surface area contributed by atoms with Gasteiger partial charge in [-0.2, -0.15) is 9.61 Å². The Balaban J connectivity index is 1.72. The van der Waals surface area contributed by atoms with Crippen LogP contribution < -0.4 is 4.90 Å². The standard InChI is InChI=1S/C25H26N4/c1-18-13-19(2)17-28(16-18)24-14-23(21-11-7-4-8-12-21)27-25-22(15-26-29(24)25)20-9-5-3-6-10-20/h3-12,14-15,18-19H,13,16-17H2,1-2H3. The second-order valence-corrected chi connectivity index (χ2v) is 8.38. The number of anilines is 1. The molecule has 1 saturated heterocycles. The molecule has 0 amide bonds. The van der Waals surface area contributed by atoms with Gasteiger partial charge in [0.15, 0.2) is 5.65 Å². The molecule has 0 spiro atoms. The molecular weight excluding hydrogens is 356 g/mol. The Morgan fingerprint density at radius 2 is 1.45 bits per heavy atom. The molecule has 0 N–H and O–H groups in total. The van der Waals surface area contributed by atoms with Crippen LogP contribution >= 0.6 is 0 Å². The number of benzene rings is 2. The molecule has 2 unspecified atom stereocenters. The zero-order chi connectivity index (χ0) is 19.8. The van der Waals surface area contributed by atoms with Crippen LogP contribution in [0.3, 0.4) is 0 Å². The molecule has 4 aromatic rings. The van der Waals surface area contributed by atoms with Crippen LogP contribution in [0.2, 0.25) is 0 Å². The van der Waals surface area contributed by atoms with Crippen LogP contribution in [0.4, 0.5) is 5.82 Å². The average Bonchev–Trinajstić information content (AvgIpc) is 3.17. The van der Waals surface area contributed by atoms with E-state index in [-0.39, 0.29) is 0 Å². The van der Waals surface area contributed by atoms with Crippen LogP contribution in [0.1, 0.15) is 20.3 Å². The maximum Gasteiger partial charge on any atom is 0.165 e. The first-order valence-corrected chi connectivity index (χ1v) is 10.4. The van der Waals surface area contributed by atoms with Crippen molar-refractivity contribution >= 4 is 11.5 Å². The zero-order valence-electron chi connectivity index (χ0n) is 17.0. The first kappa shape index (κ1) is 17.9. The van der Waals surface area contributed by atoms with E-state index in [1.54, 1.807) is 0 Å². The summed E-state index contributed by atoms with van der Waals surface area (Å²) in [5, 5.41) is 4.77. The fraction of sp³-hybridized carbons (Fsp3) is 0.280. The number of aromatic nitrogens is 3. The number of hydrogen-bond donors (Lipinski definition) is 0. The highest BCUT2D eigenvalue weighted by molar-refractivity contribution is 5.80. The van der Waals surface area contributed by atoms with Crippen molar-refractivity contribution < 1.29 is 0 Å². The predicted octanol–water partition coefficient (Wildman–Crippen LogP) is 5.55. The van der Waals surface area contributed by atoms with E-state index in [9.17, 15) is 0 Å². The minimum atomic E-state index is 0.672. The molecule has 0 radical (unpaired) electrons. The molecule has 4 heteroatoms. The Labute approximate surface area is 171 Å². The van der Waals surface area contributed by atoms with E-state index in [1.165, 1.54) is 6.42 Å². The molecule has 0 saturated carbocycles. The minimum absolute atomic E-state index is 0.672. The van der Waals surface area contributed by atoms with Crippen LogP contribution in [-0.2, 0) is 0 Å². The highest BCUT2D eigenvalue weighted by atomic mass is 15.3. The lowest BCUT2D eigenvalue weighted by atomic mass is 9.92. The number of fused-ring (bicyclic) bond motifs is 1. The molecular formula is C25H26N4. The summed E-state index contributed by atoms with van der Waals surface area (Å²) in [6.45, 7) is 6.80. The van der Waals surface area contributed by atoms with Crippen LogP contribution in [-0.4, -0.2) is 27.7 Å². The smallest absolute Gasteiger partial charge is 0.165 e. The number of nitrogens with zero attached hydrogens (tertiary/aromatic N) is 4. The molecule has 29 heavy (non-hydrogen) atoms. The van der Waals surface area contributed by atoms with Crippen LogP contribution in [0.5, 0.6) is 0 Å². The molecule has 146 valence electrons. The Morgan fingerprint density at radius 3 is 2.10 bits per heavy atom. The van der Waals surface area contributed by atoms with Crippen LogP contribution in [0.25, 0.3) is 28.0 Å². The predicted molar refractivity (Wildman–Crippen MR) is 119 cm³/mol. The normalized spacial score (nSPS) is 19.6. The minimum Gasteiger partial charge on any atom is -0.356 e. The molecule has 1 fully saturated rings. The molecule has 3 heterocycles. The van der Waals surface area contributed by atoms with E-state index in [1.807, 2.05) is 22.8 Å². The lowest BCUT2D eigenvalue weighted by Gasteiger charge is -2.36. The highest BCUT2D eigenvalue weighted by Gasteiger charge is 2.25. The Morgan fingerprint density at radius 1 is 0.828 bits per heavy atom. The number of hydrogen-bond acceptors (Lipinski definition) is 3. The maximum atomic E-state index is 5.05. The van der Waals surface area contributed by atoms with Crippen molar-refractivity contribution in [3.63, 3.8) is 0 Å². The van der Waals surface area contributed by atoms with Gasteiger partial charge in [0, 0.05) is 30.3 Å². The third-order valence-electron chi connectivity index (χ3n) is 5.80. The Bertz CT molecular complexity index is 1110. The van der Waals surface area contributed by atoms with E-state index >= 15 is 0 Å². The van der Waals surface area contributed by atoms with E-state index in [0.29, 0.717) is 11.8 Å². The summed E-state index contributed by atoms with van der Waals surface area (Å²) in [5.41, 5.74) is 5.26. The van der Waals surface area contributed by atoms with Gasteiger partial charge in [0.1, 0.15) is 5.82 Å². The van der Waals surface area contributed by atoms with Gasteiger partial charge in [-0.15, -0.1) is 0 Å². The van der Waals surface area contributed by atoms with Gasteiger partial charge in [-0.1, -0.05) is 74.5 Å². The summed E-state index contributed by atoms with van der Waals surface area (Å²) in [5.74, 6) is 2.48. The van der Waals surface area contributed by atoms with Crippen molar-refractivity contribution in [2.75, 3.05) is 18.0 Å². The monoisotopic (exact) mass is 382 g/mol. The van der Waals surface area contributed by atoms with Crippen molar-refractivity contribution in [1.29, 1.82) is 0 Å². The van der Waals surface area contributed by atoms with Gasteiger partial charge < -0.3 is 4.90 Å². The molecule has 4 nitrogen and oxygen atoms in total. The summed E-state index contributed by atoms with van der Waals surface area (Å²) >= 11 is 0. The van der Waals surface area contributed by atoms with Gasteiger partial charge in [-0.3, -0.25) is 0 Å². The fourth-order valence-corrected chi connectivity index (χ4v) is 4.60. The van der Waals surface area contributed by atoms with Gasteiger partial charge in [-0.05, 0) is 23.8 Å². The number of rotatable bonds is 3. The van der Waals surface area contributed by atoms with Crippen molar-refractivity contribution in [3.8, 4) is 22.4 Å². The SMILES string of the molecule is CC1CC(C)CN(c2cc(-c3ccccc3)nc3c(-c4ccccc4)cnn23)C1. The topological polar surface area (TPSA) is 33.4 Å². The zero-order valence-corrected chi connectivity index (χ0v) is 17.0. The van der Waals surface area contributed by atoms with Crippen LogP contribution in [0, 0.1) is 11.8 Å². The van der Waals surface area contributed by atoms with Gasteiger partial charge >= 0.3 is 0 Å². The Kier molecular flexibility index (Phi) is 4.55. The molecule has 0 aliphatic carbocycles. The molecule has 1 aliphatic heterocycles. The summed E-state index contributed by atoms with van der Waals surface area (Å²) in [4.78, 5) is 7.54. The summed E-state index contributed by atoms with van der Waals surface area (Å²) in [6, 6.07) is 23.1. The van der Waals surface area contributed by atoms with E-state index in [0.717, 1.165) is 46.9 Å². The average molecular weight is 383 g/mol. The largest absolute Gasteiger partial charge is 0.356 e. The van der Waals surface area contributed by atoms with E-state index < -0.39 is 0 Å². The first-order valence-electron chi connectivity index (χ1n) is 10.4. The third-order valence-corrected chi connectivity index (χ3v) is 5.80. The maximum absolute atomic E-state index is 5.05. The molecule has 0 bridgehead atoms. The van der Waals surface area contributed by atoms with E-state index in [4.69, 9.17) is 10.1 Å². The summed E-state index contributed by atoms with van der Waals surface area (Å²) in [6.07, 6.45) is 3.23. The quantitative estimate of drug-likeness (QED) is 0.466. The van der Waals surface area contributed by atoms with Crippen LogP contribution in [0.15, 0.2) is 72.9 Å². The first-order chi connectivity index (χ1) is 14.2. The molecule has 2 aromatic carbocycles. The van der Waals surface area contributed by atoms with Gasteiger partial charge in [0.05, 0.1) is 11.9 Å². The second kappa shape index (κ2) is 7.36. The molecule has 5 rings (SSSR count). The van der Waals surface area contributed by atoms with Gasteiger partial charge in [0.25, 0.3) is 0 Å². The summed E-state index contributed by atoms with van der Waals surface area (Å²) < 4.78 is 2.03. The third kappa shape index (κ3) is 3.39. The summed E-state index contributed by atoms with van der Waals surface area (Å²) in [7, 11) is 0. The van der Waals surface area contributed by atoms with Crippen molar-refractivity contribution in [3.05, 3.63) is 72.9 Å².